The molecule has 0 saturated carbocycles. The van der Waals surface area contributed by atoms with Gasteiger partial charge in [-0.25, -0.2) is 0 Å². The smallest absolute Gasteiger partial charge is 0.220 e. The van der Waals surface area contributed by atoms with Crippen molar-refractivity contribution >= 4 is 5.91 Å². The zero-order chi connectivity index (χ0) is 72.5. The second-order valence-electron chi connectivity index (χ2n) is 29.6. The Bertz CT molecular complexity index is 1950. The quantitative estimate of drug-likeness (QED) is 0.0199. The van der Waals surface area contributed by atoms with E-state index >= 15 is 0 Å². The zero-order valence-corrected chi connectivity index (χ0v) is 62.9. The molecule has 19 heteroatoms. The summed E-state index contributed by atoms with van der Waals surface area (Å²) >= 11 is 0. The standard InChI is InChI=1S/C81H151NO18/c1-3-5-7-9-11-13-15-17-19-21-23-25-27-28-29-30-31-32-33-34-35-37-38-40-42-44-46-48-50-52-54-56-58-65(86)64(82-69(87)59-57-55-53-51-49-47-45-43-41-39-36-26-24-22-20-18-16-14-12-10-8-6-4-2)63-95-79-75(93)72(90)77(67(61-84)97-79)100-81-76(94)73(91)78(68(62-85)98-81)99-80-74(92)71(89)70(88)66(60-83)96-80/h16,18,22,24,36,39,64-68,70-81,83-86,88-94H,3-15,17,19-21,23,25-35,37-38,40-63H2,1-2H3,(H,82,87)/b18-16-,24-22-,39-36-. The minimum atomic E-state index is -1.97. The van der Waals surface area contributed by atoms with Crippen LogP contribution >= 0.6 is 0 Å². The van der Waals surface area contributed by atoms with Gasteiger partial charge >= 0.3 is 0 Å². The maximum absolute atomic E-state index is 13.5. The van der Waals surface area contributed by atoms with Gasteiger partial charge in [0.2, 0.25) is 5.91 Å². The molecule has 1 amide bonds. The summed E-state index contributed by atoms with van der Waals surface area (Å²) in [4.78, 5) is 13.5. The van der Waals surface area contributed by atoms with Crippen molar-refractivity contribution in [2.45, 2.75) is 446 Å². The Balaban J connectivity index is 1.36. The van der Waals surface area contributed by atoms with Gasteiger partial charge in [-0.05, 0) is 51.4 Å². The number of hydrogen-bond donors (Lipinski definition) is 12. The largest absolute Gasteiger partial charge is 0.394 e. The van der Waals surface area contributed by atoms with E-state index in [9.17, 15) is 61.0 Å². The zero-order valence-electron chi connectivity index (χ0n) is 62.9. The van der Waals surface area contributed by atoms with Crippen molar-refractivity contribution in [1.82, 2.24) is 5.32 Å². The van der Waals surface area contributed by atoms with E-state index in [-0.39, 0.29) is 18.9 Å². The first-order valence-electron chi connectivity index (χ1n) is 41.2. The van der Waals surface area contributed by atoms with Crippen molar-refractivity contribution < 1.29 is 89.4 Å². The second kappa shape index (κ2) is 62.1. The first-order chi connectivity index (χ1) is 48.8. The molecule has 19 nitrogen and oxygen atoms in total. The molecule has 3 fully saturated rings. The van der Waals surface area contributed by atoms with Crippen LogP contribution in [0.3, 0.4) is 0 Å². The Morgan fingerprint density at radius 2 is 0.660 bits per heavy atom. The van der Waals surface area contributed by atoms with Gasteiger partial charge in [-0.15, -0.1) is 0 Å². The molecule has 17 unspecified atom stereocenters. The van der Waals surface area contributed by atoms with E-state index in [0.29, 0.717) is 12.8 Å². The summed E-state index contributed by atoms with van der Waals surface area (Å²) in [6.07, 6.45) is 49.5. The molecule has 0 aromatic heterocycles. The number of nitrogens with one attached hydrogen (secondary N) is 1. The highest BCUT2D eigenvalue weighted by atomic mass is 16.8. The molecule has 3 heterocycles. The number of carbonyl (C=O) groups excluding carboxylic acids is 1. The minimum absolute atomic E-state index is 0.246. The molecule has 0 radical (unpaired) electrons. The molecule has 588 valence electrons. The number of aliphatic hydroxyl groups is 11. The predicted molar refractivity (Wildman–Crippen MR) is 397 cm³/mol. The molecule has 3 aliphatic rings. The fraction of sp³-hybridized carbons (Fsp3) is 0.914. The lowest BCUT2D eigenvalue weighted by Gasteiger charge is -2.48. The molecule has 3 aliphatic heterocycles. The first kappa shape index (κ1) is 92.2. The molecule has 3 saturated heterocycles. The Kier molecular flexibility index (Phi) is 57.3. The third kappa shape index (κ3) is 41.8. The normalized spacial score (nSPS) is 26.6. The Morgan fingerprint density at radius 1 is 0.360 bits per heavy atom. The minimum Gasteiger partial charge on any atom is -0.394 e. The van der Waals surface area contributed by atoms with Crippen LogP contribution in [0.2, 0.25) is 0 Å². The number of unbranched alkanes of at least 4 members (excludes halogenated alkanes) is 44. The predicted octanol–water partition coefficient (Wildman–Crippen LogP) is 13.9. The van der Waals surface area contributed by atoms with Crippen LogP contribution in [0.15, 0.2) is 36.5 Å². The number of ether oxygens (including phenoxy) is 6. The van der Waals surface area contributed by atoms with E-state index < -0.39 is 124 Å². The van der Waals surface area contributed by atoms with Crippen molar-refractivity contribution in [3.8, 4) is 0 Å². The number of allylic oxidation sites excluding steroid dienone is 6. The van der Waals surface area contributed by atoms with Crippen LogP contribution in [0, 0.1) is 0 Å². The highest BCUT2D eigenvalue weighted by molar-refractivity contribution is 5.76. The van der Waals surface area contributed by atoms with Crippen LogP contribution in [0.1, 0.15) is 341 Å². The number of aliphatic hydroxyl groups excluding tert-OH is 11. The second-order valence-corrected chi connectivity index (χ2v) is 29.6. The van der Waals surface area contributed by atoms with Crippen molar-refractivity contribution in [2.75, 3.05) is 26.4 Å². The molecule has 0 aliphatic carbocycles. The molecule has 0 bridgehead atoms. The molecule has 0 aromatic rings. The fourth-order valence-corrected chi connectivity index (χ4v) is 14.1. The average Bonchev–Trinajstić information content (AvgIpc) is 0.783. The van der Waals surface area contributed by atoms with Gasteiger partial charge in [0, 0.05) is 6.42 Å². The topological polar surface area (TPSA) is 307 Å². The van der Waals surface area contributed by atoms with Gasteiger partial charge in [0.15, 0.2) is 18.9 Å². The Hall–Kier alpha value is -1.99. The SMILES string of the molecule is CCCCCCC/C=C\C/C=C\C/C=C\CCCCCCCCCCC(=O)NC(COC1OC(CO)C(OC2OC(CO)C(OC3OC(CO)C(O)C(O)C3O)C(O)C2O)C(O)C1O)C(O)CCCCCCCCCCCCCCCCCCCCCCCCCCCCCCCCCC. The van der Waals surface area contributed by atoms with Crippen molar-refractivity contribution in [1.29, 1.82) is 0 Å². The van der Waals surface area contributed by atoms with Crippen LogP contribution in [-0.4, -0.2) is 193 Å². The number of rotatable bonds is 66. The van der Waals surface area contributed by atoms with E-state index in [4.69, 9.17) is 28.4 Å². The van der Waals surface area contributed by atoms with E-state index in [1.54, 1.807) is 0 Å². The summed E-state index contributed by atoms with van der Waals surface area (Å²) in [6.45, 7) is 1.83. The maximum atomic E-state index is 13.5. The molecule has 0 spiro atoms. The average molecular weight is 1430 g/mol. The molecule has 100 heavy (non-hydrogen) atoms. The van der Waals surface area contributed by atoms with Crippen LogP contribution < -0.4 is 5.32 Å². The van der Waals surface area contributed by atoms with Gasteiger partial charge < -0.3 is 89.9 Å². The van der Waals surface area contributed by atoms with Crippen molar-refractivity contribution in [3.05, 3.63) is 36.5 Å². The molecule has 3 rings (SSSR count). The molecule has 17 atom stereocenters. The van der Waals surface area contributed by atoms with Crippen LogP contribution in [0.4, 0.5) is 0 Å². The Labute approximate surface area is 606 Å². The van der Waals surface area contributed by atoms with E-state index in [1.165, 1.54) is 238 Å². The summed E-state index contributed by atoms with van der Waals surface area (Å²) in [5.74, 6) is -0.246. The number of hydrogen-bond acceptors (Lipinski definition) is 18. The summed E-state index contributed by atoms with van der Waals surface area (Å²) < 4.78 is 34.5. The third-order valence-electron chi connectivity index (χ3n) is 20.7. The van der Waals surface area contributed by atoms with Gasteiger partial charge in [-0.2, -0.15) is 0 Å². The lowest BCUT2D eigenvalue weighted by Crippen LogP contribution is -2.66. The highest BCUT2D eigenvalue weighted by Crippen LogP contribution is 2.33. The first-order valence-corrected chi connectivity index (χ1v) is 41.2. The monoisotopic (exact) mass is 1430 g/mol. The molecule has 0 aromatic carbocycles. The third-order valence-corrected chi connectivity index (χ3v) is 20.7. The lowest BCUT2D eigenvalue weighted by atomic mass is 9.96. The molecule has 12 N–H and O–H groups in total. The van der Waals surface area contributed by atoms with Crippen LogP contribution in [0.5, 0.6) is 0 Å². The summed E-state index contributed by atoms with van der Waals surface area (Å²) in [7, 11) is 0. The van der Waals surface area contributed by atoms with Gasteiger partial charge in [0.1, 0.15) is 73.2 Å². The van der Waals surface area contributed by atoms with Crippen molar-refractivity contribution in [2.24, 2.45) is 0 Å². The summed E-state index contributed by atoms with van der Waals surface area (Å²) in [5.41, 5.74) is 0. The van der Waals surface area contributed by atoms with Crippen LogP contribution in [-0.2, 0) is 33.2 Å². The van der Waals surface area contributed by atoms with E-state index in [2.05, 4.69) is 55.6 Å². The van der Waals surface area contributed by atoms with Crippen LogP contribution in [0.25, 0.3) is 0 Å². The Morgan fingerprint density at radius 3 is 1.03 bits per heavy atom. The maximum Gasteiger partial charge on any atom is 0.220 e. The highest BCUT2D eigenvalue weighted by Gasteiger charge is 2.54. The fourth-order valence-electron chi connectivity index (χ4n) is 14.1. The number of carbonyl (C=O) groups is 1. The van der Waals surface area contributed by atoms with E-state index in [0.717, 1.165) is 70.6 Å². The number of amides is 1. The summed E-state index contributed by atoms with van der Waals surface area (Å²) in [6, 6.07) is -0.894. The van der Waals surface area contributed by atoms with Gasteiger partial charge in [-0.1, -0.05) is 320 Å². The van der Waals surface area contributed by atoms with Gasteiger partial charge in [0.05, 0.1) is 38.6 Å². The molecular weight excluding hydrogens is 1270 g/mol. The van der Waals surface area contributed by atoms with E-state index in [1.807, 2.05) is 0 Å². The van der Waals surface area contributed by atoms with Gasteiger partial charge in [0.25, 0.3) is 0 Å². The molecular formula is C81H151NO18. The lowest BCUT2D eigenvalue weighted by molar-refractivity contribution is -0.379. The van der Waals surface area contributed by atoms with Crippen molar-refractivity contribution in [3.63, 3.8) is 0 Å². The summed E-state index contributed by atoms with van der Waals surface area (Å²) in [5, 5.41) is 121. The van der Waals surface area contributed by atoms with Gasteiger partial charge in [-0.3, -0.25) is 4.79 Å².